The highest BCUT2D eigenvalue weighted by Crippen LogP contribution is 2.34. The van der Waals surface area contributed by atoms with Crippen LogP contribution < -0.4 is 20.9 Å². The Hall–Kier alpha value is -3.73. The zero-order valence-electron chi connectivity index (χ0n) is 21.0. The van der Waals surface area contributed by atoms with Gasteiger partial charge in [-0.1, -0.05) is 0 Å². The summed E-state index contributed by atoms with van der Waals surface area (Å²) in [6.07, 6.45) is 1.60. The third kappa shape index (κ3) is 4.83. The summed E-state index contributed by atoms with van der Waals surface area (Å²) in [5.41, 5.74) is 4.92. The molecule has 0 unspecified atom stereocenters. The number of anilines is 3. The van der Waals surface area contributed by atoms with Crippen LogP contribution in [0.25, 0.3) is 22.0 Å². The fourth-order valence-corrected chi connectivity index (χ4v) is 6.01. The van der Waals surface area contributed by atoms with Gasteiger partial charge < -0.3 is 19.9 Å². The monoisotopic (exact) mass is 519 g/mol. The molecule has 2 aromatic carbocycles. The van der Waals surface area contributed by atoms with Gasteiger partial charge in [0.15, 0.2) is 0 Å². The van der Waals surface area contributed by atoms with Gasteiger partial charge in [-0.2, -0.15) is 0 Å². The molecule has 0 radical (unpaired) electrons. The van der Waals surface area contributed by atoms with Gasteiger partial charge in [0, 0.05) is 36.2 Å². The Labute approximate surface area is 215 Å². The Morgan fingerprint density at radius 2 is 1.73 bits per heavy atom. The predicted octanol–water partition coefficient (Wildman–Crippen LogP) is 3.74. The number of primary sulfonamides is 1. The number of aryl methyl sites for hydroxylation is 1. The normalized spacial score (nSPS) is 14.2. The Bertz CT molecular complexity index is 1660. The van der Waals surface area contributed by atoms with Crippen molar-refractivity contribution in [3.05, 3.63) is 75.7 Å². The van der Waals surface area contributed by atoms with Crippen molar-refractivity contribution in [1.29, 1.82) is 0 Å². The number of benzene rings is 2. The number of H-pyrrole nitrogens is 1. The van der Waals surface area contributed by atoms with Crippen molar-refractivity contribution in [1.82, 2.24) is 9.97 Å². The molecule has 192 valence electrons. The number of fused-ring (bicyclic) bond motifs is 1. The van der Waals surface area contributed by atoms with Crippen molar-refractivity contribution in [2.24, 2.45) is 5.14 Å². The highest BCUT2D eigenvalue weighted by atomic mass is 32.2. The zero-order valence-corrected chi connectivity index (χ0v) is 21.8. The molecule has 4 N–H and O–H groups in total. The van der Waals surface area contributed by atoms with Crippen LogP contribution in [0, 0.1) is 20.8 Å². The van der Waals surface area contributed by atoms with E-state index < -0.39 is 10.0 Å². The molecule has 5 rings (SSSR count). The van der Waals surface area contributed by atoms with E-state index in [-0.39, 0.29) is 10.5 Å². The van der Waals surface area contributed by atoms with Crippen molar-refractivity contribution in [3.63, 3.8) is 0 Å². The molecule has 2 aromatic heterocycles. The summed E-state index contributed by atoms with van der Waals surface area (Å²) in [4.78, 5) is 22.8. The summed E-state index contributed by atoms with van der Waals surface area (Å²) < 4.78 is 29.8. The molecular formula is C27H29N5O4S. The molecular weight excluding hydrogens is 490 g/mol. The second-order valence-corrected chi connectivity index (χ2v) is 10.8. The number of sulfonamides is 1. The fourth-order valence-electron chi connectivity index (χ4n) is 4.92. The van der Waals surface area contributed by atoms with Crippen LogP contribution in [0.15, 0.2) is 58.4 Å². The highest BCUT2D eigenvalue weighted by Gasteiger charge is 2.21. The van der Waals surface area contributed by atoms with Crippen LogP contribution >= 0.6 is 0 Å². The van der Waals surface area contributed by atoms with Crippen molar-refractivity contribution in [3.8, 4) is 11.3 Å². The summed E-state index contributed by atoms with van der Waals surface area (Å²) in [6, 6.07) is 13.4. The van der Waals surface area contributed by atoms with E-state index in [1.54, 1.807) is 26.1 Å². The molecule has 9 nitrogen and oxygen atoms in total. The van der Waals surface area contributed by atoms with E-state index in [4.69, 9.17) is 14.9 Å². The number of nitrogens with zero attached hydrogens (tertiary/aromatic N) is 2. The van der Waals surface area contributed by atoms with Gasteiger partial charge in [0.25, 0.3) is 5.56 Å². The van der Waals surface area contributed by atoms with Crippen LogP contribution in [-0.2, 0) is 14.8 Å². The first kappa shape index (κ1) is 24.9. The second kappa shape index (κ2) is 9.62. The molecule has 10 heteroatoms. The van der Waals surface area contributed by atoms with E-state index >= 15 is 0 Å². The van der Waals surface area contributed by atoms with Gasteiger partial charge in [0.2, 0.25) is 10.0 Å². The average molecular weight is 520 g/mol. The van der Waals surface area contributed by atoms with Gasteiger partial charge in [-0.05, 0) is 85.3 Å². The number of ether oxygens (including phenoxy) is 1. The molecule has 0 bridgehead atoms. The Kier molecular flexibility index (Phi) is 6.49. The summed E-state index contributed by atoms with van der Waals surface area (Å²) in [6.45, 7) is 8.42. The summed E-state index contributed by atoms with van der Waals surface area (Å²) in [5.74, 6) is 0.415. The Morgan fingerprint density at radius 1 is 1.03 bits per heavy atom. The molecule has 0 amide bonds. The molecule has 1 aliphatic rings. The van der Waals surface area contributed by atoms with E-state index in [0.717, 1.165) is 35.6 Å². The van der Waals surface area contributed by atoms with Crippen molar-refractivity contribution >= 4 is 38.0 Å². The molecule has 1 aliphatic heterocycles. The van der Waals surface area contributed by atoms with E-state index in [9.17, 15) is 13.2 Å². The largest absolute Gasteiger partial charge is 0.378 e. The topological polar surface area (TPSA) is 130 Å². The molecule has 0 spiro atoms. The fraction of sp³-hybridized carbons (Fsp3) is 0.259. The number of aromatic amines is 1. The predicted molar refractivity (Wildman–Crippen MR) is 146 cm³/mol. The second-order valence-electron chi connectivity index (χ2n) is 9.26. The first-order valence-corrected chi connectivity index (χ1v) is 13.5. The van der Waals surface area contributed by atoms with Gasteiger partial charge in [0.1, 0.15) is 5.82 Å². The maximum absolute atomic E-state index is 12.8. The Balaban J connectivity index is 1.60. The molecule has 0 atom stereocenters. The maximum atomic E-state index is 12.8. The number of hydrogen-bond donors (Lipinski definition) is 3. The zero-order chi connectivity index (χ0) is 26.3. The lowest BCUT2D eigenvalue weighted by Crippen LogP contribution is -2.36. The van der Waals surface area contributed by atoms with Gasteiger partial charge in [-0.25, -0.2) is 18.5 Å². The van der Waals surface area contributed by atoms with E-state index in [0.29, 0.717) is 46.6 Å². The minimum atomic E-state index is -3.88. The van der Waals surface area contributed by atoms with Crippen molar-refractivity contribution in [2.45, 2.75) is 25.7 Å². The number of aromatic nitrogens is 2. The molecule has 0 aliphatic carbocycles. The van der Waals surface area contributed by atoms with E-state index in [1.807, 2.05) is 43.3 Å². The van der Waals surface area contributed by atoms with Crippen LogP contribution in [0.1, 0.15) is 16.7 Å². The lowest BCUT2D eigenvalue weighted by atomic mass is 9.96. The average Bonchev–Trinajstić information content (AvgIpc) is 2.86. The van der Waals surface area contributed by atoms with Crippen LogP contribution in [0.5, 0.6) is 0 Å². The smallest absolute Gasteiger partial charge is 0.259 e. The van der Waals surface area contributed by atoms with Gasteiger partial charge >= 0.3 is 0 Å². The lowest BCUT2D eigenvalue weighted by molar-refractivity contribution is 0.122. The quantitative estimate of drug-likeness (QED) is 0.366. The summed E-state index contributed by atoms with van der Waals surface area (Å²) in [5, 5.41) is 9.95. The lowest BCUT2D eigenvalue weighted by Gasteiger charge is -2.29. The molecule has 37 heavy (non-hydrogen) atoms. The molecule has 3 heterocycles. The standard InChI is InChI=1S/C27H29N5O4S/c1-16-14-22(17(2)18(3)25(16)37(28,34)35)23-15-19-8-9-29-27(33)24(19)26(31-23)30-20-4-6-21(7-5-20)32-10-12-36-13-11-32/h4-9,14-15H,10-13H2,1-3H3,(H,29,33)(H,30,31)(H2,28,34,35). The molecule has 4 aromatic rings. The third-order valence-electron chi connectivity index (χ3n) is 6.85. The number of hydrogen-bond acceptors (Lipinski definition) is 7. The first-order valence-electron chi connectivity index (χ1n) is 12.0. The third-order valence-corrected chi connectivity index (χ3v) is 8.04. The number of pyridine rings is 2. The van der Waals surface area contributed by atoms with E-state index in [2.05, 4.69) is 15.2 Å². The van der Waals surface area contributed by atoms with Gasteiger partial charge in [0.05, 0.1) is 29.2 Å². The number of nitrogens with one attached hydrogen (secondary N) is 2. The highest BCUT2D eigenvalue weighted by molar-refractivity contribution is 7.89. The molecule has 1 fully saturated rings. The van der Waals surface area contributed by atoms with Crippen LogP contribution in [-0.4, -0.2) is 44.7 Å². The van der Waals surface area contributed by atoms with E-state index in [1.165, 1.54) is 0 Å². The van der Waals surface area contributed by atoms with Crippen LogP contribution in [0.3, 0.4) is 0 Å². The summed E-state index contributed by atoms with van der Waals surface area (Å²) >= 11 is 0. The number of nitrogens with two attached hydrogens (primary N) is 1. The SMILES string of the molecule is Cc1cc(-c2cc3cc[nH]c(=O)c3c(Nc3ccc(N4CCOCC4)cc3)n2)c(C)c(C)c1S(N)(=O)=O. The number of rotatable bonds is 5. The summed E-state index contributed by atoms with van der Waals surface area (Å²) in [7, 11) is -3.88. The van der Waals surface area contributed by atoms with Gasteiger partial charge in [-0.15, -0.1) is 0 Å². The maximum Gasteiger partial charge on any atom is 0.259 e. The molecule has 1 saturated heterocycles. The van der Waals surface area contributed by atoms with Crippen LogP contribution in [0.4, 0.5) is 17.2 Å². The Morgan fingerprint density at radius 3 is 2.41 bits per heavy atom. The first-order chi connectivity index (χ1) is 17.6. The number of morpholine rings is 1. The van der Waals surface area contributed by atoms with Crippen LogP contribution in [0.2, 0.25) is 0 Å². The minimum absolute atomic E-state index is 0.129. The van der Waals surface area contributed by atoms with Gasteiger partial charge in [-0.3, -0.25) is 4.79 Å². The molecule has 0 saturated carbocycles. The van der Waals surface area contributed by atoms with Crippen molar-refractivity contribution in [2.75, 3.05) is 36.5 Å². The minimum Gasteiger partial charge on any atom is -0.378 e. The van der Waals surface area contributed by atoms with Crippen molar-refractivity contribution < 1.29 is 13.2 Å².